The molecule has 0 heterocycles. The molecule has 14 heavy (non-hydrogen) atoms. The van der Waals surface area contributed by atoms with Gasteiger partial charge >= 0.3 is 0 Å². The van der Waals surface area contributed by atoms with Crippen LogP contribution in [0.25, 0.3) is 0 Å². The lowest BCUT2D eigenvalue weighted by Crippen LogP contribution is -2.20. The summed E-state index contributed by atoms with van der Waals surface area (Å²) in [7, 11) is 3.56. The zero-order chi connectivity index (χ0) is 10.0. The monoisotopic (exact) mass is 217 g/mol. The van der Waals surface area contributed by atoms with Gasteiger partial charge in [-0.15, -0.1) is 12.4 Å². The molecule has 3 N–H and O–H groups in total. The van der Waals surface area contributed by atoms with Gasteiger partial charge in [0.25, 0.3) is 0 Å². The molecule has 1 aromatic rings. The predicted molar refractivity (Wildman–Crippen MR) is 59.0 cm³/mol. The summed E-state index contributed by atoms with van der Waals surface area (Å²) in [4.78, 5) is 1.72. The molecule has 0 saturated heterocycles. The Morgan fingerprint density at radius 2 is 2.00 bits per heavy atom. The average molecular weight is 218 g/mol. The van der Waals surface area contributed by atoms with E-state index in [4.69, 9.17) is 11.1 Å². The molecule has 0 aromatic heterocycles. The van der Waals surface area contributed by atoms with E-state index in [1.54, 1.807) is 31.1 Å². The summed E-state index contributed by atoms with van der Waals surface area (Å²) >= 11 is 0. The lowest BCUT2D eigenvalue weighted by atomic mass is 10.1. The number of nitrogens with two attached hydrogens (primary N) is 1. The van der Waals surface area contributed by atoms with E-state index in [0.717, 1.165) is 0 Å². The zero-order valence-electron chi connectivity index (χ0n) is 8.04. The maximum absolute atomic E-state index is 13.2. The fourth-order valence-electron chi connectivity index (χ4n) is 1.15. The Morgan fingerprint density at radius 1 is 1.43 bits per heavy atom. The molecule has 0 fully saturated rings. The second kappa shape index (κ2) is 4.81. The van der Waals surface area contributed by atoms with Crippen LogP contribution in [0.4, 0.5) is 10.1 Å². The van der Waals surface area contributed by atoms with E-state index in [-0.39, 0.29) is 23.8 Å². The summed E-state index contributed by atoms with van der Waals surface area (Å²) in [5, 5.41) is 7.22. The topological polar surface area (TPSA) is 53.1 Å². The lowest BCUT2D eigenvalue weighted by Gasteiger charge is -2.16. The molecule has 3 nitrogen and oxygen atoms in total. The third kappa shape index (κ3) is 2.35. The van der Waals surface area contributed by atoms with E-state index < -0.39 is 5.82 Å². The van der Waals surface area contributed by atoms with Gasteiger partial charge in [0.15, 0.2) is 0 Å². The van der Waals surface area contributed by atoms with E-state index in [1.807, 2.05) is 0 Å². The number of rotatable bonds is 2. The maximum atomic E-state index is 13.2. The fraction of sp³-hybridized carbons (Fsp3) is 0.222. The Labute approximate surface area is 88.6 Å². The summed E-state index contributed by atoms with van der Waals surface area (Å²) in [6.45, 7) is 0. The second-order valence-corrected chi connectivity index (χ2v) is 2.94. The Morgan fingerprint density at radius 3 is 2.36 bits per heavy atom. The Bertz CT molecular complexity index is 339. The van der Waals surface area contributed by atoms with Crippen molar-refractivity contribution in [1.29, 1.82) is 5.41 Å². The van der Waals surface area contributed by atoms with Crippen LogP contribution in [-0.4, -0.2) is 19.9 Å². The van der Waals surface area contributed by atoms with Gasteiger partial charge in [-0.05, 0) is 12.1 Å². The molecule has 78 valence electrons. The Hall–Kier alpha value is -1.29. The molecular formula is C9H13ClFN3. The smallest absolute Gasteiger partial charge is 0.136 e. The molecule has 0 spiro atoms. The molecule has 0 aliphatic heterocycles. The molecule has 0 bridgehead atoms. The first-order chi connectivity index (χ1) is 6.04. The van der Waals surface area contributed by atoms with Crippen LogP contribution in [0.1, 0.15) is 5.56 Å². The number of benzene rings is 1. The van der Waals surface area contributed by atoms with Gasteiger partial charge in [0.05, 0.1) is 11.3 Å². The third-order valence-corrected chi connectivity index (χ3v) is 1.74. The highest BCUT2D eigenvalue weighted by Crippen LogP contribution is 2.20. The first-order valence-corrected chi connectivity index (χ1v) is 3.84. The second-order valence-electron chi connectivity index (χ2n) is 2.94. The first-order valence-electron chi connectivity index (χ1n) is 3.84. The quantitative estimate of drug-likeness (QED) is 0.584. The van der Waals surface area contributed by atoms with Crippen LogP contribution < -0.4 is 10.6 Å². The van der Waals surface area contributed by atoms with Crippen molar-refractivity contribution >= 4 is 23.9 Å². The summed E-state index contributed by atoms with van der Waals surface area (Å²) < 4.78 is 13.2. The molecule has 1 aromatic carbocycles. The van der Waals surface area contributed by atoms with E-state index in [0.29, 0.717) is 5.69 Å². The largest absolute Gasteiger partial charge is 0.384 e. The molecule has 1 rings (SSSR count). The molecule has 0 saturated carbocycles. The van der Waals surface area contributed by atoms with Crippen molar-refractivity contribution in [2.45, 2.75) is 0 Å². The normalized spacial score (nSPS) is 9.07. The molecule has 0 amide bonds. The molecule has 0 aliphatic carbocycles. The van der Waals surface area contributed by atoms with Crippen LogP contribution in [0.2, 0.25) is 0 Å². The van der Waals surface area contributed by atoms with Crippen molar-refractivity contribution in [3.8, 4) is 0 Å². The molecule has 0 unspecified atom stereocenters. The van der Waals surface area contributed by atoms with Gasteiger partial charge in [0, 0.05) is 14.1 Å². The molecule has 5 heteroatoms. The minimum Gasteiger partial charge on any atom is -0.384 e. The average Bonchev–Trinajstić information content (AvgIpc) is 2.02. The van der Waals surface area contributed by atoms with Crippen LogP contribution in [0, 0.1) is 11.2 Å². The maximum Gasteiger partial charge on any atom is 0.136 e. The van der Waals surface area contributed by atoms with Gasteiger partial charge in [0.2, 0.25) is 0 Å². The van der Waals surface area contributed by atoms with Gasteiger partial charge in [-0.1, -0.05) is 6.07 Å². The fourth-order valence-corrected chi connectivity index (χ4v) is 1.15. The minimum atomic E-state index is -0.460. The SMILES string of the molecule is CN(C)c1cccc(F)c1C(=N)N.Cl. The van der Waals surface area contributed by atoms with Crippen molar-refractivity contribution in [1.82, 2.24) is 0 Å². The lowest BCUT2D eigenvalue weighted by molar-refractivity contribution is 0.624. The standard InChI is InChI=1S/C9H12FN3.ClH/c1-13(2)7-5-3-4-6(10)8(7)9(11)12;/h3-5H,1-2H3,(H3,11,12);1H. The van der Waals surface area contributed by atoms with Gasteiger partial charge in [-0.3, -0.25) is 5.41 Å². The number of anilines is 1. The van der Waals surface area contributed by atoms with Crippen molar-refractivity contribution in [3.63, 3.8) is 0 Å². The van der Waals surface area contributed by atoms with Gasteiger partial charge in [0.1, 0.15) is 11.7 Å². The number of nitrogens with one attached hydrogen (secondary N) is 1. The van der Waals surface area contributed by atoms with E-state index in [9.17, 15) is 4.39 Å². The highest BCUT2D eigenvalue weighted by atomic mass is 35.5. The number of amidine groups is 1. The number of halogens is 2. The van der Waals surface area contributed by atoms with Crippen molar-refractivity contribution in [2.75, 3.05) is 19.0 Å². The first kappa shape index (κ1) is 12.7. The van der Waals surface area contributed by atoms with Crippen molar-refractivity contribution in [3.05, 3.63) is 29.6 Å². The minimum absolute atomic E-state index is 0. The number of hydrogen-bond donors (Lipinski definition) is 2. The molecule has 0 radical (unpaired) electrons. The van der Waals surface area contributed by atoms with Crippen molar-refractivity contribution in [2.24, 2.45) is 5.73 Å². The number of nitrogen functional groups attached to an aromatic ring is 1. The summed E-state index contributed by atoms with van der Waals surface area (Å²) in [6.07, 6.45) is 0. The highest BCUT2D eigenvalue weighted by Gasteiger charge is 2.11. The van der Waals surface area contributed by atoms with E-state index in [2.05, 4.69) is 0 Å². The van der Waals surface area contributed by atoms with Gasteiger partial charge in [-0.25, -0.2) is 4.39 Å². The van der Waals surface area contributed by atoms with Crippen LogP contribution in [0.5, 0.6) is 0 Å². The predicted octanol–water partition coefficient (Wildman–Crippen LogP) is 1.60. The van der Waals surface area contributed by atoms with E-state index in [1.165, 1.54) is 6.07 Å². The van der Waals surface area contributed by atoms with Crippen LogP contribution in [0.15, 0.2) is 18.2 Å². The van der Waals surface area contributed by atoms with E-state index >= 15 is 0 Å². The van der Waals surface area contributed by atoms with Gasteiger partial charge in [-0.2, -0.15) is 0 Å². The number of hydrogen-bond acceptors (Lipinski definition) is 2. The third-order valence-electron chi connectivity index (χ3n) is 1.74. The van der Waals surface area contributed by atoms with Crippen LogP contribution in [0.3, 0.4) is 0 Å². The molecular weight excluding hydrogens is 205 g/mol. The summed E-state index contributed by atoms with van der Waals surface area (Å²) in [5.41, 5.74) is 6.05. The zero-order valence-corrected chi connectivity index (χ0v) is 8.86. The van der Waals surface area contributed by atoms with Gasteiger partial charge < -0.3 is 10.6 Å². The summed E-state index contributed by atoms with van der Waals surface area (Å²) in [6, 6.07) is 4.61. The Kier molecular flexibility index (Phi) is 4.37. The van der Waals surface area contributed by atoms with Crippen LogP contribution in [-0.2, 0) is 0 Å². The Balaban J connectivity index is 0.00000169. The van der Waals surface area contributed by atoms with Crippen LogP contribution >= 0.6 is 12.4 Å². The number of nitrogens with zero attached hydrogens (tertiary/aromatic N) is 1. The highest BCUT2D eigenvalue weighted by molar-refractivity contribution is 6.00. The molecule has 0 atom stereocenters. The molecule has 0 aliphatic rings. The summed E-state index contributed by atoms with van der Waals surface area (Å²) in [5.74, 6) is -0.708. The van der Waals surface area contributed by atoms with Crippen molar-refractivity contribution < 1.29 is 4.39 Å².